The van der Waals surface area contributed by atoms with Crippen LogP contribution in [0.3, 0.4) is 0 Å². The first-order chi connectivity index (χ1) is 11.1. The van der Waals surface area contributed by atoms with Crippen molar-refractivity contribution < 1.29 is 19.4 Å². The van der Waals surface area contributed by atoms with E-state index in [9.17, 15) is 9.90 Å². The molecule has 1 heterocycles. The second-order valence-electron chi connectivity index (χ2n) is 6.50. The highest BCUT2D eigenvalue weighted by Crippen LogP contribution is 2.34. The molecule has 0 aromatic heterocycles. The zero-order chi connectivity index (χ0) is 18.1. The Hall–Kier alpha value is -2.28. The van der Waals surface area contributed by atoms with Crippen molar-refractivity contribution in [2.24, 2.45) is 0 Å². The lowest BCUT2D eigenvalue weighted by atomic mass is 9.95. The molecule has 130 valence electrons. The molecule has 2 rings (SSSR count). The molecule has 24 heavy (non-hydrogen) atoms. The van der Waals surface area contributed by atoms with Gasteiger partial charge in [-0.25, -0.2) is 4.79 Å². The molecule has 1 aliphatic heterocycles. The van der Waals surface area contributed by atoms with E-state index in [0.29, 0.717) is 22.1 Å². The lowest BCUT2D eigenvalue weighted by molar-refractivity contribution is -0.150. The van der Waals surface area contributed by atoms with Crippen molar-refractivity contribution >= 4 is 23.3 Å². The molecule has 0 radical (unpaired) electrons. The Balaban J connectivity index is 2.47. The van der Waals surface area contributed by atoms with Gasteiger partial charge in [-0.1, -0.05) is 6.07 Å². The Morgan fingerprint density at radius 3 is 2.58 bits per heavy atom. The monoisotopic (exact) mass is 350 g/mol. The third-order valence-electron chi connectivity index (χ3n) is 3.43. The van der Waals surface area contributed by atoms with Gasteiger partial charge < -0.3 is 25.2 Å². The summed E-state index contributed by atoms with van der Waals surface area (Å²) in [6.45, 7) is 7.21. The van der Waals surface area contributed by atoms with Gasteiger partial charge in [-0.15, -0.1) is 0 Å². The zero-order valence-electron chi connectivity index (χ0n) is 14.4. The number of ether oxygens (including phenoxy) is 2. The normalized spacial score (nSPS) is 17.9. The summed E-state index contributed by atoms with van der Waals surface area (Å²) in [5.41, 5.74) is 1.18. The Morgan fingerprint density at radius 1 is 1.33 bits per heavy atom. The second-order valence-corrected chi connectivity index (χ2v) is 6.91. The van der Waals surface area contributed by atoms with Crippen molar-refractivity contribution in [3.8, 4) is 11.5 Å². The summed E-state index contributed by atoms with van der Waals surface area (Å²) in [6.07, 6.45) is 0. The van der Waals surface area contributed by atoms with Crippen LogP contribution in [0.1, 0.15) is 39.3 Å². The number of thiocarbonyl (C=S) groups is 1. The van der Waals surface area contributed by atoms with Gasteiger partial charge in [-0.2, -0.15) is 0 Å². The van der Waals surface area contributed by atoms with Crippen LogP contribution in [0.5, 0.6) is 11.5 Å². The summed E-state index contributed by atoms with van der Waals surface area (Å²) in [4.78, 5) is 12.7. The summed E-state index contributed by atoms with van der Waals surface area (Å²) in [6, 6.07) is 4.39. The number of carbonyl (C=O) groups is 1. The smallest absolute Gasteiger partial charge is 0.338 e. The van der Waals surface area contributed by atoms with Crippen molar-refractivity contribution in [1.82, 2.24) is 10.6 Å². The van der Waals surface area contributed by atoms with Crippen LogP contribution in [0.25, 0.3) is 0 Å². The molecule has 6 nitrogen and oxygen atoms in total. The number of rotatable bonds is 3. The Kier molecular flexibility index (Phi) is 5.03. The van der Waals surface area contributed by atoms with Crippen molar-refractivity contribution in [3.63, 3.8) is 0 Å². The van der Waals surface area contributed by atoms with Crippen LogP contribution >= 0.6 is 12.2 Å². The van der Waals surface area contributed by atoms with Crippen LogP contribution in [0.4, 0.5) is 0 Å². The minimum absolute atomic E-state index is 0.0253. The molecular weight excluding hydrogens is 328 g/mol. The number of benzene rings is 1. The molecule has 0 aliphatic carbocycles. The number of hydrogen-bond acceptors (Lipinski definition) is 5. The number of aromatic hydroxyl groups is 1. The summed E-state index contributed by atoms with van der Waals surface area (Å²) >= 11 is 5.21. The van der Waals surface area contributed by atoms with Gasteiger partial charge in [0, 0.05) is 5.70 Å². The van der Waals surface area contributed by atoms with Crippen molar-refractivity contribution in [2.75, 3.05) is 7.11 Å². The number of phenolic OH excluding ortho intramolecular Hbond substituents is 1. The maximum atomic E-state index is 12.7. The molecule has 3 N–H and O–H groups in total. The van der Waals surface area contributed by atoms with Crippen LogP contribution in [0.2, 0.25) is 0 Å². The molecule has 0 bridgehead atoms. The molecule has 0 saturated carbocycles. The summed E-state index contributed by atoms with van der Waals surface area (Å²) in [5, 5.41) is 16.2. The van der Waals surface area contributed by atoms with E-state index in [1.54, 1.807) is 19.1 Å². The number of methoxy groups -OCH3 is 1. The first-order valence-corrected chi connectivity index (χ1v) is 7.91. The van der Waals surface area contributed by atoms with Crippen LogP contribution in [0, 0.1) is 0 Å². The van der Waals surface area contributed by atoms with Gasteiger partial charge in [-0.05, 0) is 57.6 Å². The minimum Gasteiger partial charge on any atom is -0.504 e. The summed E-state index contributed by atoms with van der Waals surface area (Å²) < 4.78 is 10.7. The van der Waals surface area contributed by atoms with E-state index in [1.165, 1.54) is 13.2 Å². The Labute approximate surface area is 146 Å². The predicted octanol–water partition coefficient (Wildman–Crippen LogP) is 2.54. The Bertz CT molecular complexity index is 707. The SMILES string of the molecule is COc1cc([C@H]2NC(=S)NC(C)=C2C(=O)OC(C)(C)C)ccc1O. The first-order valence-electron chi connectivity index (χ1n) is 7.51. The second kappa shape index (κ2) is 6.68. The van der Waals surface area contributed by atoms with Crippen molar-refractivity contribution in [3.05, 3.63) is 35.0 Å². The number of hydrogen-bond donors (Lipinski definition) is 3. The molecule has 1 atom stereocenters. The van der Waals surface area contributed by atoms with E-state index in [2.05, 4.69) is 10.6 Å². The zero-order valence-corrected chi connectivity index (χ0v) is 15.2. The van der Waals surface area contributed by atoms with Crippen molar-refractivity contribution in [2.45, 2.75) is 39.3 Å². The van der Waals surface area contributed by atoms with Crippen LogP contribution in [-0.4, -0.2) is 28.9 Å². The molecule has 0 fully saturated rings. The molecule has 0 spiro atoms. The quantitative estimate of drug-likeness (QED) is 0.571. The minimum atomic E-state index is -0.612. The lowest BCUT2D eigenvalue weighted by Crippen LogP contribution is -2.45. The first kappa shape index (κ1) is 18.1. The predicted molar refractivity (Wildman–Crippen MR) is 94.8 cm³/mol. The topological polar surface area (TPSA) is 79.8 Å². The maximum Gasteiger partial charge on any atom is 0.338 e. The average Bonchev–Trinajstić information content (AvgIpc) is 2.44. The summed E-state index contributed by atoms with van der Waals surface area (Å²) in [7, 11) is 1.47. The van der Waals surface area contributed by atoms with Crippen molar-refractivity contribution in [1.29, 1.82) is 0 Å². The maximum absolute atomic E-state index is 12.7. The third-order valence-corrected chi connectivity index (χ3v) is 3.64. The van der Waals surface area contributed by atoms with Crippen LogP contribution in [0.15, 0.2) is 29.5 Å². The van der Waals surface area contributed by atoms with E-state index >= 15 is 0 Å². The van der Waals surface area contributed by atoms with Gasteiger partial charge in [0.25, 0.3) is 0 Å². The standard InChI is InChI=1S/C17H22N2O4S/c1-9-13(15(21)23-17(2,3)4)14(19-16(24)18-9)10-6-7-11(20)12(8-10)22-5/h6-8,14,20H,1-5H3,(H2,18,19,24)/t14-/m1/s1. The highest BCUT2D eigenvalue weighted by atomic mass is 32.1. The van der Waals surface area contributed by atoms with Gasteiger partial charge in [0.15, 0.2) is 16.6 Å². The lowest BCUT2D eigenvalue weighted by Gasteiger charge is -2.31. The van der Waals surface area contributed by atoms with Crippen LogP contribution in [-0.2, 0) is 9.53 Å². The highest BCUT2D eigenvalue weighted by Gasteiger charge is 2.33. The van der Waals surface area contributed by atoms with E-state index in [-0.39, 0.29) is 5.75 Å². The fraction of sp³-hybridized carbons (Fsp3) is 0.412. The van der Waals surface area contributed by atoms with E-state index in [1.807, 2.05) is 20.8 Å². The van der Waals surface area contributed by atoms with Crippen LogP contribution < -0.4 is 15.4 Å². The van der Waals surface area contributed by atoms with Gasteiger partial charge in [0.2, 0.25) is 0 Å². The van der Waals surface area contributed by atoms with Gasteiger partial charge in [0.05, 0.1) is 18.7 Å². The number of phenols is 1. The number of allylic oxidation sites excluding steroid dienone is 1. The molecule has 1 aromatic carbocycles. The average molecular weight is 350 g/mol. The molecule has 1 aromatic rings. The molecular formula is C17H22N2O4S. The molecule has 0 unspecified atom stereocenters. The number of nitrogens with one attached hydrogen (secondary N) is 2. The highest BCUT2D eigenvalue weighted by molar-refractivity contribution is 7.80. The third kappa shape index (κ3) is 3.97. The molecule has 7 heteroatoms. The number of carbonyl (C=O) groups excluding carboxylic acids is 1. The van der Waals surface area contributed by atoms with Gasteiger partial charge >= 0.3 is 5.97 Å². The Morgan fingerprint density at radius 2 is 2.00 bits per heavy atom. The van der Waals surface area contributed by atoms with Gasteiger partial charge in [0.1, 0.15) is 5.60 Å². The van der Waals surface area contributed by atoms with Gasteiger partial charge in [-0.3, -0.25) is 0 Å². The largest absolute Gasteiger partial charge is 0.504 e. The molecule has 0 saturated heterocycles. The number of esters is 1. The summed E-state index contributed by atoms with van der Waals surface area (Å²) in [5.74, 6) is -0.0863. The van der Waals surface area contributed by atoms with E-state index in [0.717, 1.165) is 5.56 Å². The fourth-order valence-electron chi connectivity index (χ4n) is 2.42. The van der Waals surface area contributed by atoms with E-state index in [4.69, 9.17) is 21.7 Å². The fourth-order valence-corrected chi connectivity index (χ4v) is 2.69. The molecule has 0 amide bonds. The molecule has 1 aliphatic rings. The van der Waals surface area contributed by atoms with E-state index < -0.39 is 17.6 Å².